The molecule has 6 heteroatoms. The van der Waals surface area contributed by atoms with Crippen LogP contribution in [0.4, 0.5) is 0 Å². The van der Waals surface area contributed by atoms with Crippen molar-refractivity contribution in [2.75, 3.05) is 13.2 Å². The van der Waals surface area contributed by atoms with Crippen LogP contribution in [0, 0.1) is 11.3 Å². The smallest absolute Gasteiger partial charge is 0.260 e. The number of hydrogen-bond donors (Lipinski definition) is 0. The zero-order valence-electron chi connectivity index (χ0n) is 14.2. The first-order valence-electron chi connectivity index (χ1n) is 7.62. The van der Waals surface area contributed by atoms with Crippen molar-refractivity contribution >= 4 is 21.8 Å². The van der Waals surface area contributed by atoms with E-state index in [0.717, 1.165) is 0 Å². The Kier molecular flexibility index (Phi) is 7.37. The SMILES string of the molecule is CCOc1cc(C#N)cc(Br)c1OCC(=O)N(C(C)C)C(C)C. The number of amides is 1. The van der Waals surface area contributed by atoms with Crippen LogP contribution in [0.25, 0.3) is 0 Å². The van der Waals surface area contributed by atoms with Crippen LogP contribution in [-0.4, -0.2) is 36.1 Å². The molecule has 0 aliphatic carbocycles. The molecule has 0 aliphatic rings. The predicted molar refractivity (Wildman–Crippen MR) is 92.6 cm³/mol. The first kappa shape index (κ1) is 19.3. The molecule has 0 saturated carbocycles. The number of halogens is 1. The molecule has 0 saturated heterocycles. The van der Waals surface area contributed by atoms with Gasteiger partial charge in [-0.05, 0) is 56.6 Å². The summed E-state index contributed by atoms with van der Waals surface area (Å²) < 4.78 is 11.8. The van der Waals surface area contributed by atoms with Gasteiger partial charge in [-0.15, -0.1) is 0 Å². The van der Waals surface area contributed by atoms with E-state index in [1.807, 2.05) is 34.6 Å². The average molecular weight is 383 g/mol. The lowest BCUT2D eigenvalue weighted by atomic mass is 10.2. The molecule has 0 unspecified atom stereocenters. The number of benzene rings is 1. The standard InChI is InChI=1S/C17H23BrN2O3/c1-6-22-15-8-13(9-19)7-14(18)17(15)23-10-16(21)20(11(2)3)12(4)5/h7-8,11-12H,6,10H2,1-5H3. The van der Waals surface area contributed by atoms with Crippen LogP contribution in [0.5, 0.6) is 11.5 Å². The molecule has 0 aliphatic heterocycles. The predicted octanol–water partition coefficient (Wildman–Crippen LogP) is 3.74. The fourth-order valence-electron chi connectivity index (χ4n) is 2.42. The summed E-state index contributed by atoms with van der Waals surface area (Å²) in [7, 11) is 0. The molecule has 1 aromatic carbocycles. The lowest BCUT2D eigenvalue weighted by Crippen LogP contribution is -2.44. The maximum Gasteiger partial charge on any atom is 0.260 e. The van der Waals surface area contributed by atoms with Gasteiger partial charge in [-0.1, -0.05) is 0 Å². The van der Waals surface area contributed by atoms with E-state index >= 15 is 0 Å². The van der Waals surface area contributed by atoms with Crippen LogP contribution in [0.15, 0.2) is 16.6 Å². The molecule has 0 atom stereocenters. The zero-order chi connectivity index (χ0) is 17.6. The van der Waals surface area contributed by atoms with Crippen LogP contribution >= 0.6 is 15.9 Å². The third-order valence-electron chi connectivity index (χ3n) is 3.18. The van der Waals surface area contributed by atoms with Gasteiger partial charge in [0.25, 0.3) is 5.91 Å². The van der Waals surface area contributed by atoms with E-state index in [1.165, 1.54) is 0 Å². The van der Waals surface area contributed by atoms with Crippen LogP contribution in [0.2, 0.25) is 0 Å². The summed E-state index contributed by atoms with van der Waals surface area (Å²) in [6.45, 7) is 10.1. The number of carbonyl (C=O) groups excluding carboxylic acids is 1. The van der Waals surface area contributed by atoms with E-state index in [4.69, 9.17) is 14.7 Å². The van der Waals surface area contributed by atoms with Crippen molar-refractivity contribution in [3.8, 4) is 17.6 Å². The number of nitrogens with zero attached hydrogens (tertiary/aromatic N) is 2. The molecule has 0 spiro atoms. The maximum absolute atomic E-state index is 12.4. The van der Waals surface area contributed by atoms with Gasteiger partial charge in [0.2, 0.25) is 0 Å². The van der Waals surface area contributed by atoms with Crippen molar-refractivity contribution in [2.45, 2.75) is 46.7 Å². The number of nitriles is 1. The van der Waals surface area contributed by atoms with E-state index in [9.17, 15) is 4.79 Å². The van der Waals surface area contributed by atoms with Crippen molar-refractivity contribution in [1.82, 2.24) is 4.90 Å². The largest absolute Gasteiger partial charge is 0.490 e. The van der Waals surface area contributed by atoms with E-state index in [1.54, 1.807) is 17.0 Å². The van der Waals surface area contributed by atoms with Gasteiger partial charge >= 0.3 is 0 Å². The molecule has 5 nitrogen and oxygen atoms in total. The summed E-state index contributed by atoms with van der Waals surface area (Å²) in [5, 5.41) is 9.03. The van der Waals surface area contributed by atoms with E-state index in [0.29, 0.717) is 28.1 Å². The fourth-order valence-corrected chi connectivity index (χ4v) is 2.97. The van der Waals surface area contributed by atoms with Crippen molar-refractivity contribution in [3.05, 3.63) is 22.2 Å². The fraction of sp³-hybridized carbons (Fsp3) is 0.529. The summed E-state index contributed by atoms with van der Waals surface area (Å²) in [6.07, 6.45) is 0. The van der Waals surface area contributed by atoms with Crippen molar-refractivity contribution in [3.63, 3.8) is 0 Å². The van der Waals surface area contributed by atoms with Gasteiger partial charge in [-0.2, -0.15) is 5.26 Å². The minimum Gasteiger partial charge on any atom is -0.490 e. The quantitative estimate of drug-likeness (QED) is 0.720. The molecule has 0 fully saturated rings. The van der Waals surface area contributed by atoms with Gasteiger partial charge in [-0.3, -0.25) is 4.79 Å². The third kappa shape index (κ3) is 5.14. The van der Waals surface area contributed by atoms with Crippen LogP contribution in [0.1, 0.15) is 40.2 Å². The highest BCUT2D eigenvalue weighted by Crippen LogP contribution is 2.36. The first-order chi connectivity index (χ1) is 10.8. The Bertz CT molecular complexity index is 586. The Morgan fingerprint density at radius 2 is 1.87 bits per heavy atom. The minimum absolute atomic E-state index is 0.0824. The van der Waals surface area contributed by atoms with Crippen molar-refractivity contribution in [1.29, 1.82) is 5.26 Å². The molecule has 0 heterocycles. The molecule has 1 rings (SSSR count). The molecule has 0 radical (unpaired) electrons. The molecule has 1 aromatic rings. The maximum atomic E-state index is 12.4. The monoisotopic (exact) mass is 382 g/mol. The van der Waals surface area contributed by atoms with Gasteiger partial charge < -0.3 is 14.4 Å². The zero-order valence-corrected chi connectivity index (χ0v) is 15.8. The van der Waals surface area contributed by atoms with Crippen LogP contribution < -0.4 is 9.47 Å². The summed E-state index contributed by atoms with van der Waals surface area (Å²) in [5.41, 5.74) is 0.463. The topological polar surface area (TPSA) is 62.6 Å². The van der Waals surface area contributed by atoms with Gasteiger partial charge in [0.15, 0.2) is 18.1 Å². The second-order valence-corrected chi connectivity index (χ2v) is 6.46. The van der Waals surface area contributed by atoms with Crippen LogP contribution in [-0.2, 0) is 4.79 Å². The average Bonchev–Trinajstić information content (AvgIpc) is 2.45. The molecule has 126 valence electrons. The van der Waals surface area contributed by atoms with Gasteiger partial charge in [0.1, 0.15) is 0 Å². The molecule has 1 amide bonds. The van der Waals surface area contributed by atoms with Gasteiger partial charge in [0, 0.05) is 18.2 Å². The molecule has 0 aromatic heterocycles. The summed E-state index contributed by atoms with van der Waals surface area (Å²) in [4.78, 5) is 14.2. The summed E-state index contributed by atoms with van der Waals surface area (Å²) >= 11 is 3.37. The van der Waals surface area contributed by atoms with Gasteiger partial charge in [0.05, 0.1) is 22.7 Å². The number of rotatable bonds is 7. The summed E-state index contributed by atoms with van der Waals surface area (Å²) in [5.74, 6) is 0.798. The van der Waals surface area contributed by atoms with Crippen LogP contribution in [0.3, 0.4) is 0 Å². The van der Waals surface area contributed by atoms with Crippen molar-refractivity contribution in [2.24, 2.45) is 0 Å². The second-order valence-electron chi connectivity index (χ2n) is 5.61. The van der Waals surface area contributed by atoms with Gasteiger partial charge in [-0.25, -0.2) is 0 Å². The number of carbonyl (C=O) groups is 1. The first-order valence-corrected chi connectivity index (χ1v) is 8.41. The lowest BCUT2D eigenvalue weighted by molar-refractivity contribution is -0.137. The molecule has 0 N–H and O–H groups in total. The third-order valence-corrected chi connectivity index (χ3v) is 3.77. The Balaban J connectivity index is 2.97. The number of hydrogen-bond acceptors (Lipinski definition) is 4. The highest BCUT2D eigenvalue weighted by molar-refractivity contribution is 9.10. The second kappa shape index (κ2) is 8.78. The highest BCUT2D eigenvalue weighted by atomic mass is 79.9. The van der Waals surface area contributed by atoms with E-state index < -0.39 is 0 Å². The highest BCUT2D eigenvalue weighted by Gasteiger charge is 2.22. The van der Waals surface area contributed by atoms with E-state index in [2.05, 4.69) is 22.0 Å². The van der Waals surface area contributed by atoms with Crippen molar-refractivity contribution < 1.29 is 14.3 Å². The van der Waals surface area contributed by atoms with E-state index in [-0.39, 0.29) is 24.6 Å². The lowest BCUT2D eigenvalue weighted by Gasteiger charge is -2.30. The normalized spacial score (nSPS) is 10.6. The number of ether oxygens (including phenoxy) is 2. The Labute approximate surface area is 146 Å². The summed E-state index contributed by atoms with van der Waals surface area (Å²) in [6, 6.07) is 5.52. The molecule has 23 heavy (non-hydrogen) atoms. The molecular formula is C17H23BrN2O3. The Morgan fingerprint density at radius 1 is 1.26 bits per heavy atom. The minimum atomic E-state index is -0.0892. The Hall–Kier alpha value is -1.74. The molecular weight excluding hydrogens is 360 g/mol. The molecule has 0 bridgehead atoms. The Morgan fingerprint density at radius 3 is 2.35 bits per heavy atom.